The van der Waals surface area contributed by atoms with E-state index in [0.29, 0.717) is 24.5 Å². The summed E-state index contributed by atoms with van der Waals surface area (Å²) < 4.78 is 1.71. The van der Waals surface area contributed by atoms with Gasteiger partial charge in [-0.25, -0.2) is 4.99 Å². The molecule has 0 atom stereocenters. The second kappa shape index (κ2) is 4.92. The normalized spacial score (nSPS) is 14.3. The number of carbonyl (C=O) groups is 1. The molecule has 5 nitrogen and oxygen atoms in total. The van der Waals surface area contributed by atoms with Crippen molar-refractivity contribution in [3.8, 4) is 0 Å². The van der Waals surface area contributed by atoms with Gasteiger partial charge in [0.2, 0.25) is 0 Å². The fourth-order valence-corrected chi connectivity index (χ4v) is 2.38. The second-order valence-corrected chi connectivity index (χ2v) is 4.71. The summed E-state index contributed by atoms with van der Waals surface area (Å²) in [5.74, 6) is -0.114. The molecular formula is C15H16N4O. The highest BCUT2D eigenvalue weighted by Gasteiger charge is 2.24. The molecule has 1 N–H and O–H groups in total. The van der Waals surface area contributed by atoms with Gasteiger partial charge < -0.3 is 5.32 Å². The Morgan fingerprint density at radius 2 is 2.05 bits per heavy atom. The van der Waals surface area contributed by atoms with E-state index in [1.54, 1.807) is 4.68 Å². The molecule has 0 bridgehead atoms. The summed E-state index contributed by atoms with van der Waals surface area (Å²) in [6.45, 7) is 4.93. The Labute approximate surface area is 117 Å². The molecule has 1 amide bonds. The minimum atomic E-state index is -0.114. The quantitative estimate of drug-likeness (QED) is 0.906. The van der Waals surface area contributed by atoms with Crippen LogP contribution in [0.4, 0.5) is 5.69 Å². The zero-order chi connectivity index (χ0) is 14.1. The number of nitrogens with zero attached hydrogens (tertiary/aromatic N) is 3. The van der Waals surface area contributed by atoms with Gasteiger partial charge >= 0.3 is 0 Å². The largest absolute Gasteiger partial charge is 0.345 e. The van der Waals surface area contributed by atoms with E-state index in [-0.39, 0.29) is 5.91 Å². The number of benzene rings is 1. The second-order valence-electron chi connectivity index (χ2n) is 4.71. The van der Waals surface area contributed by atoms with Crippen LogP contribution in [0.25, 0.3) is 0 Å². The van der Waals surface area contributed by atoms with Crippen molar-refractivity contribution in [2.45, 2.75) is 20.4 Å². The Morgan fingerprint density at radius 1 is 1.30 bits per heavy atom. The molecule has 2 heterocycles. The fraction of sp³-hybridized carbons (Fsp3) is 0.267. The number of carbonyl (C=O) groups excluding carboxylic acids is 1. The molecule has 1 aromatic heterocycles. The third-order valence-electron chi connectivity index (χ3n) is 3.38. The number of hydrogen-bond donors (Lipinski definition) is 1. The van der Waals surface area contributed by atoms with Crippen LogP contribution >= 0.6 is 0 Å². The predicted molar refractivity (Wildman–Crippen MR) is 77.6 cm³/mol. The number of aliphatic imine (C=N–C) groups is 1. The van der Waals surface area contributed by atoms with E-state index in [4.69, 9.17) is 0 Å². The highest BCUT2D eigenvalue weighted by Crippen LogP contribution is 2.26. The molecule has 3 rings (SSSR count). The lowest BCUT2D eigenvalue weighted by molar-refractivity contribution is 0.0950. The average Bonchev–Trinajstić information content (AvgIpc) is 2.68. The van der Waals surface area contributed by atoms with Gasteiger partial charge in [0.25, 0.3) is 5.91 Å². The third kappa shape index (κ3) is 2.01. The van der Waals surface area contributed by atoms with Gasteiger partial charge in [-0.2, -0.15) is 5.10 Å². The first-order valence-corrected chi connectivity index (χ1v) is 6.69. The first-order valence-electron chi connectivity index (χ1n) is 6.69. The summed E-state index contributed by atoms with van der Waals surface area (Å²) in [7, 11) is 0. The molecule has 0 aliphatic carbocycles. The molecule has 1 aromatic carbocycles. The van der Waals surface area contributed by atoms with Gasteiger partial charge in [0, 0.05) is 6.54 Å². The average molecular weight is 268 g/mol. The molecule has 1 aliphatic heterocycles. The van der Waals surface area contributed by atoms with E-state index < -0.39 is 0 Å². The molecule has 2 aromatic rings. The van der Waals surface area contributed by atoms with Crippen LogP contribution in [-0.4, -0.2) is 27.9 Å². The van der Waals surface area contributed by atoms with Gasteiger partial charge in [0.1, 0.15) is 5.69 Å². The Hall–Kier alpha value is -2.43. The topological polar surface area (TPSA) is 59.3 Å². The monoisotopic (exact) mass is 268 g/mol. The van der Waals surface area contributed by atoms with E-state index in [0.717, 1.165) is 17.0 Å². The number of hydrogen-bond acceptors (Lipinski definition) is 3. The van der Waals surface area contributed by atoms with Gasteiger partial charge in [-0.05, 0) is 19.4 Å². The molecule has 0 spiro atoms. The summed E-state index contributed by atoms with van der Waals surface area (Å²) in [6.07, 6.45) is 0. The number of aromatic nitrogens is 2. The van der Waals surface area contributed by atoms with Crippen LogP contribution in [0.3, 0.4) is 0 Å². The molecule has 0 saturated heterocycles. The van der Waals surface area contributed by atoms with Crippen LogP contribution in [0.2, 0.25) is 0 Å². The van der Waals surface area contributed by atoms with E-state index in [2.05, 4.69) is 15.4 Å². The summed E-state index contributed by atoms with van der Waals surface area (Å²) in [5, 5.41) is 7.29. The van der Waals surface area contributed by atoms with Gasteiger partial charge in [0.15, 0.2) is 5.69 Å². The van der Waals surface area contributed by atoms with Crippen LogP contribution in [0.5, 0.6) is 0 Å². The molecule has 102 valence electrons. The number of fused-ring (bicyclic) bond motifs is 1. The van der Waals surface area contributed by atoms with E-state index in [9.17, 15) is 4.79 Å². The summed E-state index contributed by atoms with van der Waals surface area (Å²) >= 11 is 0. The number of aryl methyl sites for hydroxylation is 2. The van der Waals surface area contributed by atoms with Crippen molar-refractivity contribution >= 4 is 17.3 Å². The first-order chi connectivity index (χ1) is 9.70. The first kappa shape index (κ1) is 12.6. The third-order valence-corrected chi connectivity index (χ3v) is 3.38. The summed E-state index contributed by atoms with van der Waals surface area (Å²) in [4.78, 5) is 16.9. The van der Waals surface area contributed by atoms with Crippen molar-refractivity contribution in [1.29, 1.82) is 0 Å². The fourth-order valence-electron chi connectivity index (χ4n) is 2.38. The zero-order valence-electron chi connectivity index (χ0n) is 11.6. The van der Waals surface area contributed by atoms with Crippen LogP contribution in [0.1, 0.15) is 28.7 Å². The molecule has 20 heavy (non-hydrogen) atoms. The lowest BCUT2D eigenvalue weighted by Gasteiger charge is -2.05. The molecule has 5 heteroatoms. The van der Waals surface area contributed by atoms with Crippen molar-refractivity contribution in [1.82, 2.24) is 15.1 Å². The van der Waals surface area contributed by atoms with Gasteiger partial charge in [0.05, 0.1) is 18.0 Å². The Kier molecular flexibility index (Phi) is 3.10. The molecule has 0 radical (unpaired) electrons. The SMILES string of the molecule is CCn1nc(C)c2c1C(=O)NCC(c1ccccc1)=N2. The number of amides is 1. The van der Waals surface area contributed by atoms with Crippen LogP contribution in [0, 0.1) is 6.92 Å². The van der Waals surface area contributed by atoms with Crippen molar-refractivity contribution in [3.63, 3.8) is 0 Å². The smallest absolute Gasteiger partial charge is 0.272 e. The standard InChI is InChI=1S/C15H16N4O/c1-3-19-14-13(10(2)18-19)17-12(9-16-15(14)20)11-7-5-4-6-8-11/h4-8H,3,9H2,1-2H3,(H,16,20). The summed E-state index contributed by atoms with van der Waals surface area (Å²) in [5.41, 5.74) is 3.89. The van der Waals surface area contributed by atoms with Gasteiger partial charge in [-0.3, -0.25) is 9.48 Å². The minimum Gasteiger partial charge on any atom is -0.345 e. The molecular weight excluding hydrogens is 252 g/mol. The van der Waals surface area contributed by atoms with E-state index in [1.165, 1.54) is 0 Å². The Bertz CT molecular complexity index is 685. The Morgan fingerprint density at radius 3 is 2.75 bits per heavy atom. The Balaban J connectivity index is 2.15. The minimum absolute atomic E-state index is 0.114. The molecule has 0 saturated carbocycles. The predicted octanol–water partition coefficient (Wildman–Crippen LogP) is 2.08. The molecule has 1 aliphatic rings. The highest BCUT2D eigenvalue weighted by molar-refractivity contribution is 6.10. The van der Waals surface area contributed by atoms with Gasteiger partial charge in [-0.1, -0.05) is 30.3 Å². The van der Waals surface area contributed by atoms with Gasteiger partial charge in [-0.15, -0.1) is 0 Å². The lowest BCUT2D eigenvalue weighted by Crippen LogP contribution is -2.29. The number of rotatable bonds is 2. The van der Waals surface area contributed by atoms with Crippen molar-refractivity contribution in [2.75, 3.05) is 6.54 Å². The molecule has 0 fully saturated rings. The van der Waals surface area contributed by atoms with E-state index >= 15 is 0 Å². The maximum absolute atomic E-state index is 12.2. The zero-order valence-corrected chi connectivity index (χ0v) is 11.6. The lowest BCUT2D eigenvalue weighted by atomic mass is 10.1. The van der Waals surface area contributed by atoms with Crippen LogP contribution in [-0.2, 0) is 6.54 Å². The summed E-state index contributed by atoms with van der Waals surface area (Å²) in [6, 6.07) is 9.89. The maximum atomic E-state index is 12.2. The molecule has 0 unspecified atom stereocenters. The highest BCUT2D eigenvalue weighted by atomic mass is 16.2. The van der Waals surface area contributed by atoms with Crippen molar-refractivity contribution in [2.24, 2.45) is 4.99 Å². The van der Waals surface area contributed by atoms with Crippen molar-refractivity contribution in [3.05, 3.63) is 47.3 Å². The van der Waals surface area contributed by atoms with Crippen LogP contribution < -0.4 is 5.32 Å². The maximum Gasteiger partial charge on any atom is 0.272 e. The van der Waals surface area contributed by atoms with Crippen LogP contribution in [0.15, 0.2) is 35.3 Å². The number of nitrogens with one attached hydrogen (secondary N) is 1. The van der Waals surface area contributed by atoms with Crippen molar-refractivity contribution < 1.29 is 4.79 Å². The van der Waals surface area contributed by atoms with E-state index in [1.807, 2.05) is 44.2 Å².